The van der Waals surface area contributed by atoms with Gasteiger partial charge in [-0.05, 0) is 26.0 Å². The zero-order valence-corrected chi connectivity index (χ0v) is 10.3. The fourth-order valence-corrected chi connectivity index (χ4v) is 2.48. The van der Waals surface area contributed by atoms with E-state index in [9.17, 15) is 0 Å². The molecule has 17 heavy (non-hydrogen) atoms. The summed E-state index contributed by atoms with van der Waals surface area (Å²) in [5, 5.41) is 3.49. The van der Waals surface area contributed by atoms with E-state index >= 15 is 0 Å². The average molecular weight is 234 g/mol. The van der Waals surface area contributed by atoms with Crippen molar-refractivity contribution in [2.24, 2.45) is 0 Å². The Morgan fingerprint density at radius 3 is 2.94 bits per heavy atom. The van der Waals surface area contributed by atoms with Crippen LogP contribution in [0.2, 0.25) is 0 Å². The van der Waals surface area contributed by atoms with Crippen molar-refractivity contribution in [3.8, 4) is 11.5 Å². The lowest BCUT2D eigenvalue weighted by Gasteiger charge is -2.40. The molecule has 0 saturated carbocycles. The van der Waals surface area contributed by atoms with E-state index in [1.54, 1.807) is 0 Å². The van der Waals surface area contributed by atoms with Crippen LogP contribution >= 0.6 is 0 Å². The van der Waals surface area contributed by atoms with E-state index in [-0.39, 0.29) is 0 Å². The minimum Gasteiger partial charge on any atom is -0.454 e. The van der Waals surface area contributed by atoms with Crippen LogP contribution in [0.15, 0.2) is 18.2 Å². The van der Waals surface area contributed by atoms with Crippen molar-refractivity contribution in [2.75, 3.05) is 24.8 Å². The summed E-state index contributed by atoms with van der Waals surface area (Å²) in [4.78, 5) is 2.42. The highest BCUT2D eigenvalue weighted by Gasteiger charge is 2.25. The molecule has 2 atom stereocenters. The molecule has 4 heteroatoms. The van der Waals surface area contributed by atoms with E-state index in [1.807, 2.05) is 6.07 Å². The third kappa shape index (κ3) is 1.82. The normalized spacial score (nSPS) is 27.3. The Morgan fingerprint density at radius 2 is 2.06 bits per heavy atom. The van der Waals surface area contributed by atoms with E-state index < -0.39 is 0 Å². The summed E-state index contributed by atoms with van der Waals surface area (Å²) < 4.78 is 10.8. The van der Waals surface area contributed by atoms with Gasteiger partial charge in [0.15, 0.2) is 11.5 Å². The van der Waals surface area contributed by atoms with Gasteiger partial charge in [-0.3, -0.25) is 0 Å². The van der Waals surface area contributed by atoms with Gasteiger partial charge in [0.2, 0.25) is 6.79 Å². The van der Waals surface area contributed by atoms with Crippen LogP contribution in [-0.2, 0) is 0 Å². The number of nitrogens with one attached hydrogen (secondary N) is 1. The predicted octanol–water partition coefficient (Wildman–Crippen LogP) is 1.60. The molecule has 0 bridgehead atoms. The molecular formula is C13H18N2O2. The lowest BCUT2D eigenvalue weighted by Crippen LogP contribution is -2.55. The number of benzene rings is 1. The van der Waals surface area contributed by atoms with E-state index in [0.717, 1.165) is 24.6 Å². The number of fused-ring (bicyclic) bond motifs is 1. The number of anilines is 1. The van der Waals surface area contributed by atoms with Crippen LogP contribution in [0.5, 0.6) is 11.5 Å². The molecule has 0 radical (unpaired) electrons. The first kappa shape index (κ1) is 10.7. The highest BCUT2D eigenvalue weighted by molar-refractivity contribution is 5.58. The maximum Gasteiger partial charge on any atom is 0.231 e. The highest BCUT2D eigenvalue weighted by atomic mass is 16.7. The maximum absolute atomic E-state index is 5.43. The predicted molar refractivity (Wildman–Crippen MR) is 66.8 cm³/mol. The molecule has 1 aromatic rings. The monoisotopic (exact) mass is 234 g/mol. The first-order valence-electron chi connectivity index (χ1n) is 6.15. The largest absolute Gasteiger partial charge is 0.454 e. The molecule has 3 rings (SSSR count). The minimum absolute atomic E-state index is 0.340. The van der Waals surface area contributed by atoms with Crippen molar-refractivity contribution in [1.29, 1.82) is 0 Å². The zero-order chi connectivity index (χ0) is 11.8. The van der Waals surface area contributed by atoms with Crippen LogP contribution in [0.4, 0.5) is 5.69 Å². The third-order valence-electron chi connectivity index (χ3n) is 3.72. The second kappa shape index (κ2) is 4.11. The van der Waals surface area contributed by atoms with E-state index in [1.165, 1.54) is 5.69 Å². The van der Waals surface area contributed by atoms with Gasteiger partial charge in [0.05, 0.1) is 0 Å². The lowest BCUT2D eigenvalue weighted by molar-refractivity contribution is 0.174. The van der Waals surface area contributed by atoms with Crippen LogP contribution in [0.1, 0.15) is 13.8 Å². The van der Waals surface area contributed by atoms with Crippen LogP contribution in [-0.4, -0.2) is 32.0 Å². The van der Waals surface area contributed by atoms with Gasteiger partial charge < -0.3 is 19.7 Å². The molecular weight excluding hydrogens is 216 g/mol. The van der Waals surface area contributed by atoms with Gasteiger partial charge in [-0.25, -0.2) is 0 Å². The molecule has 1 N–H and O–H groups in total. The molecule has 0 amide bonds. The number of piperazine rings is 1. The quantitative estimate of drug-likeness (QED) is 0.800. The first-order valence-corrected chi connectivity index (χ1v) is 6.15. The Morgan fingerprint density at radius 1 is 1.24 bits per heavy atom. The highest BCUT2D eigenvalue weighted by Crippen LogP contribution is 2.36. The second-order valence-electron chi connectivity index (χ2n) is 4.71. The van der Waals surface area contributed by atoms with E-state index in [2.05, 4.69) is 36.2 Å². The van der Waals surface area contributed by atoms with Crippen molar-refractivity contribution >= 4 is 5.69 Å². The van der Waals surface area contributed by atoms with Crippen molar-refractivity contribution in [2.45, 2.75) is 25.9 Å². The molecule has 92 valence electrons. The molecule has 0 aliphatic carbocycles. The first-order chi connectivity index (χ1) is 8.25. The summed E-state index contributed by atoms with van der Waals surface area (Å²) in [5.41, 5.74) is 1.22. The summed E-state index contributed by atoms with van der Waals surface area (Å²) in [6, 6.07) is 7.19. The Bertz CT molecular complexity index is 422. The number of rotatable bonds is 1. The Hall–Kier alpha value is -1.42. The smallest absolute Gasteiger partial charge is 0.231 e. The molecule has 2 heterocycles. The Balaban J connectivity index is 1.88. The molecule has 0 spiro atoms. The standard InChI is InChI=1S/C13H18N2O2/c1-9-10(2)15(6-5-14-9)11-3-4-12-13(7-11)17-8-16-12/h3-4,7,9-10,14H,5-6,8H2,1-2H3/t9-,10-/m0/s1. The molecule has 1 aromatic carbocycles. The molecule has 2 aliphatic rings. The van der Waals surface area contributed by atoms with Gasteiger partial charge in [0.25, 0.3) is 0 Å². The van der Waals surface area contributed by atoms with Gasteiger partial charge in [-0.15, -0.1) is 0 Å². The minimum atomic E-state index is 0.340. The molecule has 2 aliphatic heterocycles. The Labute approximate surface area is 102 Å². The summed E-state index contributed by atoms with van der Waals surface area (Å²) in [6.45, 7) is 6.88. The summed E-state index contributed by atoms with van der Waals surface area (Å²) >= 11 is 0. The molecule has 0 unspecified atom stereocenters. The van der Waals surface area contributed by atoms with Crippen molar-refractivity contribution in [3.05, 3.63) is 18.2 Å². The number of ether oxygens (including phenoxy) is 2. The molecule has 0 aromatic heterocycles. The van der Waals surface area contributed by atoms with Gasteiger partial charge in [-0.2, -0.15) is 0 Å². The van der Waals surface area contributed by atoms with E-state index in [0.29, 0.717) is 18.9 Å². The fraction of sp³-hybridized carbons (Fsp3) is 0.538. The van der Waals surface area contributed by atoms with Gasteiger partial charge >= 0.3 is 0 Å². The average Bonchev–Trinajstić information content (AvgIpc) is 2.79. The summed E-state index contributed by atoms with van der Waals surface area (Å²) in [5.74, 6) is 1.71. The Kier molecular flexibility index (Phi) is 2.59. The van der Waals surface area contributed by atoms with Crippen molar-refractivity contribution in [1.82, 2.24) is 5.32 Å². The molecule has 1 saturated heterocycles. The maximum atomic E-state index is 5.43. The molecule has 1 fully saturated rings. The van der Waals surface area contributed by atoms with Crippen LogP contribution < -0.4 is 19.7 Å². The van der Waals surface area contributed by atoms with Crippen LogP contribution in [0.3, 0.4) is 0 Å². The number of hydrogen-bond acceptors (Lipinski definition) is 4. The summed E-state index contributed by atoms with van der Waals surface area (Å²) in [7, 11) is 0. The SMILES string of the molecule is C[C@@H]1NCCN(c2ccc3c(c2)OCO3)[C@H]1C. The summed E-state index contributed by atoms with van der Waals surface area (Å²) in [6.07, 6.45) is 0. The third-order valence-corrected chi connectivity index (χ3v) is 3.72. The zero-order valence-electron chi connectivity index (χ0n) is 10.3. The van der Waals surface area contributed by atoms with Gasteiger partial charge in [0.1, 0.15) is 0 Å². The van der Waals surface area contributed by atoms with Crippen LogP contribution in [0, 0.1) is 0 Å². The van der Waals surface area contributed by atoms with E-state index in [4.69, 9.17) is 9.47 Å². The number of nitrogens with zero attached hydrogens (tertiary/aromatic N) is 1. The molecule has 4 nitrogen and oxygen atoms in total. The fourth-order valence-electron chi connectivity index (χ4n) is 2.48. The van der Waals surface area contributed by atoms with Crippen molar-refractivity contribution in [3.63, 3.8) is 0 Å². The topological polar surface area (TPSA) is 33.7 Å². The van der Waals surface area contributed by atoms with Gasteiger partial charge in [0, 0.05) is 36.9 Å². The van der Waals surface area contributed by atoms with Gasteiger partial charge in [-0.1, -0.05) is 0 Å². The van der Waals surface area contributed by atoms with Crippen LogP contribution in [0.25, 0.3) is 0 Å². The lowest BCUT2D eigenvalue weighted by atomic mass is 10.1. The van der Waals surface area contributed by atoms with Crippen molar-refractivity contribution < 1.29 is 9.47 Å². The number of hydrogen-bond donors (Lipinski definition) is 1. The second-order valence-corrected chi connectivity index (χ2v) is 4.71.